The van der Waals surface area contributed by atoms with E-state index in [0.717, 1.165) is 17.7 Å². The molecule has 150 valence electrons. The zero-order valence-corrected chi connectivity index (χ0v) is 16.8. The van der Waals surface area contributed by atoms with Crippen molar-refractivity contribution in [3.63, 3.8) is 0 Å². The third-order valence-electron chi connectivity index (χ3n) is 4.36. The Balaban J connectivity index is 1.97. The summed E-state index contributed by atoms with van der Waals surface area (Å²) in [7, 11) is 0. The summed E-state index contributed by atoms with van der Waals surface area (Å²) in [6.07, 6.45) is 0. The van der Waals surface area contributed by atoms with Crippen LogP contribution in [-0.4, -0.2) is 36.4 Å². The summed E-state index contributed by atoms with van der Waals surface area (Å²) in [6.45, 7) is 9.05. The van der Waals surface area contributed by atoms with E-state index < -0.39 is 0 Å². The van der Waals surface area contributed by atoms with Gasteiger partial charge in [0.2, 0.25) is 0 Å². The molecule has 0 saturated carbocycles. The first-order valence-corrected chi connectivity index (χ1v) is 9.72. The predicted octanol–water partition coefficient (Wildman–Crippen LogP) is 3.56. The standard InChI is InChI=1S/C22H29FN4O/c1-4-24-22(26-16-18-8-7-9-20(23)14-18)25-15-17-10-12-19(13-11-17)21(28)27(5-2)6-3/h7-14H,4-6,15-16H2,1-3H3,(H2,24,25,26). The van der Waals surface area contributed by atoms with Crippen molar-refractivity contribution in [2.45, 2.75) is 33.9 Å². The first-order valence-electron chi connectivity index (χ1n) is 9.72. The molecule has 0 radical (unpaired) electrons. The van der Waals surface area contributed by atoms with Crippen LogP contribution >= 0.6 is 0 Å². The van der Waals surface area contributed by atoms with Gasteiger partial charge in [0, 0.05) is 31.7 Å². The second kappa shape index (κ2) is 11.1. The third-order valence-corrected chi connectivity index (χ3v) is 4.36. The van der Waals surface area contributed by atoms with Crippen LogP contribution in [0.25, 0.3) is 0 Å². The van der Waals surface area contributed by atoms with Gasteiger partial charge in [-0.2, -0.15) is 0 Å². The van der Waals surface area contributed by atoms with Crippen LogP contribution in [0.15, 0.2) is 53.5 Å². The number of guanidine groups is 1. The van der Waals surface area contributed by atoms with Gasteiger partial charge in [-0.3, -0.25) is 4.79 Å². The van der Waals surface area contributed by atoms with Gasteiger partial charge in [-0.15, -0.1) is 0 Å². The van der Waals surface area contributed by atoms with Crippen LogP contribution in [0.5, 0.6) is 0 Å². The molecule has 0 aliphatic carbocycles. The summed E-state index contributed by atoms with van der Waals surface area (Å²) in [5.41, 5.74) is 2.56. The molecular formula is C22H29FN4O. The smallest absolute Gasteiger partial charge is 0.253 e. The van der Waals surface area contributed by atoms with E-state index in [1.165, 1.54) is 12.1 Å². The first kappa shape index (κ1) is 21.4. The Morgan fingerprint density at radius 2 is 1.71 bits per heavy atom. The highest BCUT2D eigenvalue weighted by atomic mass is 19.1. The minimum absolute atomic E-state index is 0.0505. The Morgan fingerprint density at radius 1 is 1.00 bits per heavy atom. The summed E-state index contributed by atoms with van der Waals surface area (Å²) in [4.78, 5) is 18.7. The number of carbonyl (C=O) groups is 1. The van der Waals surface area contributed by atoms with Gasteiger partial charge in [0.25, 0.3) is 5.91 Å². The highest BCUT2D eigenvalue weighted by molar-refractivity contribution is 5.94. The number of amides is 1. The molecular weight excluding hydrogens is 355 g/mol. The Morgan fingerprint density at radius 3 is 2.32 bits per heavy atom. The highest BCUT2D eigenvalue weighted by Crippen LogP contribution is 2.08. The van der Waals surface area contributed by atoms with E-state index >= 15 is 0 Å². The van der Waals surface area contributed by atoms with Gasteiger partial charge in [0.05, 0.1) is 6.54 Å². The molecule has 1 amide bonds. The van der Waals surface area contributed by atoms with Crippen molar-refractivity contribution < 1.29 is 9.18 Å². The molecule has 0 spiro atoms. The van der Waals surface area contributed by atoms with Gasteiger partial charge in [0.1, 0.15) is 5.82 Å². The van der Waals surface area contributed by atoms with Crippen molar-refractivity contribution in [3.8, 4) is 0 Å². The molecule has 28 heavy (non-hydrogen) atoms. The Bertz CT molecular complexity index is 785. The van der Waals surface area contributed by atoms with Gasteiger partial charge in [-0.1, -0.05) is 24.3 Å². The fourth-order valence-corrected chi connectivity index (χ4v) is 2.79. The monoisotopic (exact) mass is 384 g/mol. The van der Waals surface area contributed by atoms with E-state index in [1.807, 2.05) is 51.1 Å². The van der Waals surface area contributed by atoms with Gasteiger partial charge < -0.3 is 15.5 Å². The van der Waals surface area contributed by atoms with Gasteiger partial charge in [0.15, 0.2) is 5.96 Å². The number of hydrogen-bond donors (Lipinski definition) is 2. The van der Waals surface area contributed by atoms with E-state index in [1.54, 1.807) is 11.0 Å². The SMILES string of the molecule is CCNC(=NCc1cccc(F)c1)NCc1ccc(C(=O)N(CC)CC)cc1. The van der Waals surface area contributed by atoms with E-state index in [2.05, 4.69) is 15.6 Å². The third kappa shape index (κ3) is 6.37. The van der Waals surface area contributed by atoms with Crippen molar-refractivity contribution in [1.29, 1.82) is 0 Å². The minimum Gasteiger partial charge on any atom is -0.357 e. The number of benzene rings is 2. The molecule has 2 aromatic rings. The molecule has 0 unspecified atom stereocenters. The minimum atomic E-state index is -0.259. The molecule has 2 aromatic carbocycles. The fourth-order valence-electron chi connectivity index (χ4n) is 2.79. The highest BCUT2D eigenvalue weighted by Gasteiger charge is 2.11. The van der Waals surface area contributed by atoms with Crippen molar-refractivity contribution in [2.75, 3.05) is 19.6 Å². The number of rotatable bonds is 8. The Hall–Kier alpha value is -2.89. The molecule has 0 aliphatic rings. The lowest BCUT2D eigenvalue weighted by Crippen LogP contribution is -2.36. The second-order valence-electron chi connectivity index (χ2n) is 6.35. The number of halogens is 1. The van der Waals surface area contributed by atoms with Crippen LogP contribution in [0.2, 0.25) is 0 Å². The van der Waals surface area contributed by atoms with Crippen molar-refractivity contribution >= 4 is 11.9 Å². The van der Waals surface area contributed by atoms with Crippen LogP contribution in [-0.2, 0) is 13.1 Å². The molecule has 0 saturated heterocycles. The topological polar surface area (TPSA) is 56.7 Å². The van der Waals surface area contributed by atoms with Gasteiger partial charge >= 0.3 is 0 Å². The molecule has 0 aromatic heterocycles. The summed E-state index contributed by atoms with van der Waals surface area (Å²) in [6, 6.07) is 14.0. The van der Waals surface area contributed by atoms with Crippen LogP contribution < -0.4 is 10.6 Å². The molecule has 0 atom stereocenters. The molecule has 5 nitrogen and oxygen atoms in total. The molecule has 0 aliphatic heterocycles. The maximum absolute atomic E-state index is 13.3. The molecule has 2 N–H and O–H groups in total. The summed E-state index contributed by atoms with van der Waals surface area (Å²) in [5.74, 6) is 0.453. The maximum atomic E-state index is 13.3. The lowest BCUT2D eigenvalue weighted by atomic mass is 10.1. The number of hydrogen-bond acceptors (Lipinski definition) is 2. The number of aliphatic imine (C=N–C) groups is 1. The largest absolute Gasteiger partial charge is 0.357 e. The number of nitrogens with zero attached hydrogens (tertiary/aromatic N) is 2. The average Bonchev–Trinajstić information content (AvgIpc) is 2.71. The first-order chi connectivity index (χ1) is 13.6. The number of carbonyl (C=O) groups excluding carboxylic acids is 1. The fraction of sp³-hybridized carbons (Fsp3) is 0.364. The van der Waals surface area contributed by atoms with E-state index in [4.69, 9.17) is 0 Å². The van der Waals surface area contributed by atoms with E-state index in [9.17, 15) is 9.18 Å². The lowest BCUT2D eigenvalue weighted by Gasteiger charge is -2.18. The zero-order chi connectivity index (χ0) is 20.4. The van der Waals surface area contributed by atoms with Gasteiger partial charge in [-0.25, -0.2) is 9.38 Å². The van der Waals surface area contributed by atoms with Crippen LogP contribution in [0.4, 0.5) is 4.39 Å². The summed E-state index contributed by atoms with van der Waals surface area (Å²) < 4.78 is 13.3. The van der Waals surface area contributed by atoms with E-state index in [0.29, 0.717) is 37.7 Å². The lowest BCUT2D eigenvalue weighted by molar-refractivity contribution is 0.0773. The van der Waals surface area contributed by atoms with Crippen LogP contribution in [0.1, 0.15) is 42.3 Å². The van der Waals surface area contributed by atoms with E-state index in [-0.39, 0.29) is 11.7 Å². The number of nitrogens with one attached hydrogen (secondary N) is 2. The van der Waals surface area contributed by atoms with Gasteiger partial charge in [-0.05, 0) is 56.2 Å². The molecule has 2 rings (SSSR count). The second-order valence-corrected chi connectivity index (χ2v) is 6.35. The van der Waals surface area contributed by atoms with Crippen LogP contribution in [0, 0.1) is 5.82 Å². The average molecular weight is 384 g/mol. The molecule has 6 heteroatoms. The summed E-state index contributed by atoms with van der Waals surface area (Å²) >= 11 is 0. The molecule has 0 fully saturated rings. The quantitative estimate of drug-likeness (QED) is 0.540. The predicted molar refractivity (Wildman–Crippen MR) is 112 cm³/mol. The normalized spacial score (nSPS) is 11.2. The summed E-state index contributed by atoms with van der Waals surface area (Å²) in [5, 5.41) is 6.45. The molecule has 0 bridgehead atoms. The van der Waals surface area contributed by atoms with Crippen LogP contribution in [0.3, 0.4) is 0 Å². The zero-order valence-electron chi connectivity index (χ0n) is 16.8. The van der Waals surface area contributed by atoms with Crippen molar-refractivity contribution in [3.05, 3.63) is 71.0 Å². The Kier molecular flexibility index (Phi) is 8.46. The van der Waals surface area contributed by atoms with Crippen molar-refractivity contribution in [2.24, 2.45) is 4.99 Å². The van der Waals surface area contributed by atoms with Crippen molar-refractivity contribution in [1.82, 2.24) is 15.5 Å². The molecule has 0 heterocycles. The Labute approximate surface area is 166 Å². The maximum Gasteiger partial charge on any atom is 0.253 e.